The molecule has 1 amide bonds. The Morgan fingerprint density at radius 2 is 1.75 bits per heavy atom. The van der Waals surface area contributed by atoms with Gasteiger partial charge in [-0.25, -0.2) is 4.99 Å². The van der Waals surface area contributed by atoms with Gasteiger partial charge in [0, 0.05) is 43.8 Å². The first-order valence-electron chi connectivity index (χ1n) is 10.5. The van der Waals surface area contributed by atoms with E-state index in [1.807, 2.05) is 31.2 Å². The molecule has 0 saturated carbocycles. The molecule has 1 aromatic carbocycles. The Balaban J connectivity index is 2.67. The van der Waals surface area contributed by atoms with E-state index in [1.54, 1.807) is 0 Å². The number of nitrogens with one attached hydrogen (secondary N) is 3. The van der Waals surface area contributed by atoms with Crippen molar-refractivity contribution >= 4 is 11.9 Å². The number of amides is 1. The van der Waals surface area contributed by atoms with Crippen LogP contribution in [0.25, 0.3) is 0 Å². The highest BCUT2D eigenvalue weighted by Gasteiger charge is 2.12. The maximum absolute atomic E-state index is 12.1. The predicted octanol–water partition coefficient (Wildman–Crippen LogP) is 3.00. The van der Waals surface area contributed by atoms with Crippen molar-refractivity contribution in [1.82, 2.24) is 20.9 Å². The van der Waals surface area contributed by atoms with Crippen LogP contribution >= 0.6 is 0 Å². The molecule has 0 aliphatic heterocycles. The molecular weight excluding hydrogens is 350 g/mol. The summed E-state index contributed by atoms with van der Waals surface area (Å²) in [6.07, 6.45) is 0.929. The van der Waals surface area contributed by atoms with Gasteiger partial charge in [-0.15, -0.1) is 0 Å². The fraction of sp³-hybridized carbons (Fsp3) is 0.636. The SMILES string of the molecule is CCCNC(=O)c1cccc(CN=C(NCC)NCCN(C(C)C)C(C)C)c1. The lowest BCUT2D eigenvalue weighted by molar-refractivity contribution is 0.0953. The normalized spacial score (nSPS) is 12.0. The average Bonchev–Trinajstić information content (AvgIpc) is 2.66. The number of aliphatic imine (C=N–C) groups is 1. The zero-order valence-electron chi connectivity index (χ0n) is 18.5. The van der Waals surface area contributed by atoms with Crippen LogP contribution in [0.2, 0.25) is 0 Å². The maximum atomic E-state index is 12.1. The maximum Gasteiger partial charge on any atom is 0.251 e. The Morgan fingerprint density at radius 3 is 2.36 bits per heavy atom. The van der Waals surface area contributed by atoms with Crippen molar-refractivity contribution in [2.45, 2.75) is 66.6 Å². The summed E-state index contributed by atoms with van der Waals surface area (Å²) in [6.45, 7) is 16.8. The molecule has 0 unspecified atom stereocenters. The molecule has 0 heterocycles. The van der Waals surface area contributed by atoms with Crippen LogP contribution in [-0.4, -0.2) is 55.0 Å². The number of hydrogen-bond donors (Lipinski definition) is 3. The molecular formula is C22H39N5O. The summed E-state index contributed by atoms with van der Waals surface area (Å²) in [5, 5.41) is 9.62. The van der Waals surface area contributed by atoms with Gasteiger partial charge >= 0.3 is 0 Å². The number of rotatable bonds is 11. The van der Waals surface area contributed by atoms with E-state index in [0.29, 0.717) is 30.7 Å². The number of carbonyl (C=O) groups excluding carboxylic acids is 1. The summed E-state index contributed by atoms with van der Waals surface area (Å²) in [5.41, 5.74) is 1.70. The summed E-state index contributed by atoms with van der Waals surface area (Å²) >= 11 is 0. The van der Waals surface area contributed by atoms with Crippen LogP contribution in [0.1, 0.15) is 63.9 Å². The van der Waals surface area contributed by atoms with Crippen molar-refractivity contribution in [3.8, 4) is 0 Å². The van der Waals surface area contributed by atoms with Gasteiger partial charge in [-0.3, -0.25) is 9.69 Å². The van der Waals surface area contributed by atoms with E-state index in [9.17, 15) is 4.79 Å². The first kappa shape index (κ1) is 24.0. The van der Waals surface area contributed by atoms with Gasteiger partial charge in [-0.05, 0) is 58.7 Å². The second kappa shape index (κ2) is 13.2. The molecule has 6 heteroatoms. The minimum atomic E-state index is -0.0276. The van der Waals surface area contributed by atoms with Gasteiger partial charge in [-0.1, -0.05) is 19.1 Å². The second-order valence-electron chi connectivity index (χ2n) is 7.50. The molecule has 0 aromatic heterocycles. The van der Waals surface area contributed by atoms with Crippen LogP contribution in [0, 0.1) is 0 Å². The van der Waals surface area contributed by atoms with Crippen molar-refractivity contribution in [3.63, 3.8) is 0 Å². The first-order chi connectivity index (χ1) is 13.4. The van der Waals surface area contributed by atoms with Crippen LogP contribution < -0.4 is 16.0 Å². The lowest BCUT2D eigenvalue weighted by Crippen LogP contribution is -2.45. The van der Waals surface area contributed by atoms with Crippen molar-refractivity contribution in [2.24, 2.45) is 4.99 Å². The van der Waals surface area contributed by atoms with E-state index in [4.69, 9.17) is 0 Å². The Hall–Kier alpha value is -2.08. The molecule has 1 rings (SSSR count). The molecule has 28 heavy (non-hydrogen) atoms. The molecule has 3 N–H and O–H groups in total. The van der Waals surface area contributed by atoms with Gasteiger partial charge in [0.1, 0.15) is 0 Å². The number of benzene rings is 1. The highest BCUT2D eigenvalue weighted by Crippen LogP contribution is 2.07. The van der Waals surface area contributed by atoms with Crippen LogP contribution in [0.15, 0.2) is 29.3 Å². The van der Waals surface area contributed by atoms with E-state index in [-0.39, 0.29) is 5.91 Å². The van der Waals surface area contributed by atoms with E-state index < -0.39 is 0 Å². The lowest BCUT2D eigenvalue weighted by atomic mass is 10.1. The van der Waals surface area contributed by atoms with Crippen molar-refractivity contribution < 1.29 is 4.79 Å². The van der Waals surface area contributed by atoms with Gasteiger partial charge in [0.15, 0.2) is 5.96 Å². The Morgan fingerprint density at radius 1 is 1.04 bits per heavy atom. The highest BCUT2D eigenvalue weighted by atomic mass is 16.1. The quantitative estimate of drug-likeness (QED) is 0.402. The molecule has 158 valence electrons. The third kappa shape index (κ3) is 8.74. The molecule has 1 aromatic rings. The van der Waals surface area contributed by atoms with Gasteiger partial charge in [-0.2, -0.15) is 0 Å². The predicted molar refractivity (Wildman–Crippen MR) is 119 cm³/mol. The van der Waals surface area contributed by atoms with Gasteiger partial charge < -0.3 is 16.0 Å². The molecule has 0 spiro atoms. The van der Waals surface area contributed by atoms with Crippen molar-refractivity contribution in [2.75, 3.05) is 26.2 Å². The Labute approximate surface area is 171 Å². The number of guanidine groups is 1. The molecule has 0 fully saturated rings. The average molecular weight is 390 g/mol. The molecule has 0 saturated heterocycles. The van der Waals surface area contributed by atoms with Crippen molar-refractivity contribution in [3.05, 3.63) is 35.4 Å². The molecule has 6 nitrogen and oxygen atoms in total. The second-order valence-corrected chi connectivity index (χ2v) is 7.50. The van der Waals surface area contributed by atoms with E-state index in [1.165, 1.54) is 0 Å². The molecule has 0 atom stereocenters. The zero-order valence-corrected chi connectivity index (χ0v) is 18.5. The summed E-state index contributed by atoms with van der Waals surface area (Å²) in [7, 11) is 0. The molecule has 0 radical (unpaired) electrons. The number of carbonyl (C=O) groups is 1. The van der Waals surface area contributed by atoms with Crippen LogP contribution in [0.5, 0.6) is 0 Å². The summed E-state index contributed by atoms with van der Waals surface area (Å²) in [5.74, 6) is 0.774. The monoisotopic (exact) mass is 389 g/mol. The third-order valence-electron chi connectivity index (χ3n) is 4.48. The largest absolute Gasteiger partial charge is 0.357 e. The third-order valence-corrected chi connectivity index (χ3v) is 4.48. The fourth-order valence-electron chi connectivity index (χ4n) is 3.08. The smallest absolute Gasteiger partial charge is 0.251 e. The lowest BCUT2D eigenvalue weighted by Gasteiger charge is -2.30. The molecule has 0 bridgehead atoms. The number of nitrogens with zero attached hydrogens (tertiary/aromatic N) is 2. The summed E-state index contributed by atoms with van der Waals surface area (Å²) < 4.78 is 0. The summed E-state index contributed by atoms with van der Waals surface area (Å²) in [4.78, 5) is 19.3. The van der Waals surface area contributed by atoms with Crippen LogP contribution in [0.4, 0.5) is 0 Å². The highest BCUT2D eigenvalue weighted by molar-refractivity contribution is 5.94. The Kier molecular flexibility index (Phi) is 11.3. The summed E-state index contributed by atoms with van der Waals surface area (Å²) in [6, 6.07) is 8.70. The van der Waals surface area contributed by atoms with Crippen LogP contribution in [0.3, 0.4) is 0 Å². The Bertz CT molecular complexity index is 605. The van der Waals surface area contributed by atoms with Gasteiger partial charge in [0.05, 0.1) is 6.54 Å². The van der Waals surface area contributed by atoms with Crippen molar-refractivity contribution in [1.29, 1.82) is 0 Å². The standard InChI is InChI=1S/C22H39N5O/c1-7-12-24-21(28)20-11-9-10-19(15-20)16-26-22(23-8-2)25-13-14-27(17(3)4)18(5)6/h9-11,15,17-18H,7-8,12-14,16H2,1-6H3,(H,24,28)(H2,23,25,26). The van der Waals surface area contributed by atoms with E-state index in [2.05, 4.69) is 60.5 Å². The fourth-order valence-corrected chi connectivity index (χ4v) is 3.08. The van der Waals surface area contributed by atoms with Gasteiger partial charge in [0.2, 0.25) is 0 Å². The van der Waals surface area contributed by atoms with Gasteiger partial charge in [0.25, 0.3) is 5.91 Å². The van der Waals surface area contributed by atoms with E-state index in [0.717, 1.165) is 37.6 Å². The minimum Gasteiger partial charge on any atom is -0.357 e. The topological polar surface area (TPSA) is 68.8 Å². The number of hydrogen-bond acceptors (Lipinski definition) is 3. The molecule has 0 aliphatic rings. The molecule has 0 aliphatic carbocycles. The minimum absolute atomic E-state index is 0.0276. The zero-order chi connectivity index (χ0) is 20.9. The van der Waals surface area contributed by atoms with E-state index >= 15 is 0 Å². The first-order valence-corrected chi connectivity index (χ1v) is 10.5. The van der Waals surface area contributed by atoms with Crippen LogP contribution in [-0.2, 0) is 6.54 Å².